The molecular formula is C20H20N8OS. The highest BCUT2D eigenvalue weighted by Crippen LogP contribution is 2.35. The molecule has 1 saturated carbocycles. The number of aromatic nitrogens is 6. The first-order chi connectivity index (χ1) is 14.7. The molecule has 4 aromatic heterocycles. The van der Waals surface area contributed by atoms with Crippen molar-refractivity contribution < 1.29 is 4.79 Å². The van der Waals surface area contributed by atoms with E-state index in [1.54, 1.807) is 24.0 Å². The number of pyridine rings is 1. The predicted molar refractivity (Wildman–Crippen MR) is 114 cm³/mol. The van der Waals surface area contributed by atoms with Crippen LogP contribution in [0.2, 0.25) is 0 Å². The van der Waals surface area contributed by atoms with Gasteiger partial charge in [-0.3, -0.25) is 19.6 Å². The van der Waals surface area contributed by atoms with Gasteiger partial charge in [0.25, 0.3) is 5.91 Å². The fraction of sp³-hybridized carbons (Fsp3) is 0.250. The second-order valence-electron chi connectivity index (χ2n) is 7.18. The third-order valence-electron chi connectivity index (χ3n) is 5.27. The van der Waals surface area contributed by atoms with Crippen LogP contribution in [0.1, 0.15) is 29.4 Å². The van der Waals surface area contributed by atoms with Gasteiger partial charge in [-0.1, -0.05) is 6.07 Å². The number of hydrogen-bond acceptors (Lipinski definition) is 7. The first kappa shape index (κ1) is 18.6. The molecule has 10 heteroatoms. The van der Waals surface area contributed by atoms with Crippen LogP contribution in [0.3, 0.4) is 0 Å². The highest BCUT2D eigenvalue weighted by atomic mass is 32.1. The molecule has 0 aliphatic heterocycles. The lowest BCUT2D eigenvalue weighted by Crippen LogP contribution is -2.40. The molecule has 0 unspecified atom stereocenters. The topological polar surface area (TPSA) is 113 Å². The van der Waals surface area contributed by atoms with Crippen molar-refractivity contribution in [2.24, 2.45) is 0 Å². The quantitative estimate of drug-likeness (QED) is 0.442. The number of carbonyl (C=O) groups is 1. The number of H-pyrrole nitrogens is 1. The van der Waals surface area contributed by atoms with Gasteiger partial charge in [0.2, 0.25) is 0 Å². The fourth-order valence-electron chi connectivity index (χ4n) is 3.47. The summed E-state index contributed by atoms with van der Waals surface area (Å²) in [7, 11) is 1.97. The normalized spacial score (nSPS) is 18.2. The molecule has 0 aromatic carbocycles. The molecule has 5 rings (SSSR count). The summed E-state index contributed by atoms with van der Waals surface area (Å²) in [5, 5.41) is 20.2. The SMILES string of the molecule is CNC1CC(n2cc(NC(=O)c3csc(-c4cn[nH]c4)n3)c(-c3ccccn3)n2)C1. The van der Waals surface area contributed by atoms with Crippen LogP contribution in [0.15, 0.2) is 48.4 Å². The molecule has 30 heavy (non-hydrogen) atoms. The molecule has 1 aliphatic carbocycles. The first-order valence-electron chi connectivity index (χ1n) is 9.65. The Morgan fingerprint density at radius 1 is 1.33 bits per heavy atom. The molecule has 0 radical (unpaired) electrons. The number of thiazole rings is 1. The van der Waals surface area contributed by atoms with E-state index in [9.17, 15) is 4.79 Å². The van der Waals surface area contributed by atoms with E-state index in [-0.39, 0.29) is 5.91 Å². The summed E-state index contributed by atoms with van der Waals surface area (Å²) in [6, 6.07) is 6.47. The van der Waals surface area contributed by atoms with Crippen LogP contribution in [-0.4, -0.2) is 48.9 Å². The number of carbonyl (C=O) groups excluding carboxylic acids is 1. The van der Waals surface area contributed by atoms with Gasteiger partial charge in [-0.05, 0) is 32.0 Å². The van der Waals surface area contributed by atoms with Crippen LogP contribution >= 0.6 is 11.3 Å². The van der Waals surface area contributed by atoms with Crippen molar-refractivity contribution in [1.82, 2.24) is 35.3 Å². The largest absolute Gasteiger partial charge is 0.317 e. The van der Waals surface area contributed by atoms with Crippen molar-refractivity contribution in [1.29, 1.82) is 0 Å². The number of nitrogens with one attached hydrogen (secondary N) is 3. The van der Waals surface area contributed by atoms with Crippen molar-refractivity contribution >= 4 is 22.9 Å². The van der Waals surface area contributed by atoms with Gasteiger partial charge >= 0.3 is 0 Å². The Bertz CT molecular complexity index is 1140. The number of nitrogens with zero attached hydrogens (tertiary/aromatic N) is 5. The second-order valence-corrected chi connectivity index (χ2v) is 8.03. The Morgan fingerprint density at radius 3 is 2.97 bits per heavy atom. The van der Waals surface area contributed by atoms with E-state index in [2.05, 4.69) is 30.8 Å². The van der Waals surface area contributed by atoms with E-state index >= 15 is 0 Å². The lowest BCUT2D eigenvalue weighted by Gasteiger charge is -2.35. The van der Waals surface area contributed by atoms with E-state index in [0.717, 1.165) is 23.4 Å². The zero-order valence-corrected chi connectivity index (χ0v) is 17.1. The van der Waals surface area contributed by atoms with Gasteiger partial charge in [-0.25, -0.2) is 4.98 Å². The van der Waals surface area contributed by atoms with Gasteiger partial charge in [0.15, 0.2) is 0 Å². The molecule has 152 valence electrons. The third-order valence-corrected chi connectivity index (χ3v) is 6.16. The number of anilines is 1. The Hall–Kier alpha value is -3.37. The Balaban J connectivity index is 1.41. The standard InChI is InChI=1S/C20H20N8OS/c1-21-13-6-14(7-13)28-10-16(18(27-28)15-4-2-3-5-22-15)25-19(29)17-11-30-20(26-17)12-8-23-24-9-12/h2-5,8-11,13-14,21H,6-7H2,1H3,(H,23,24)(H,25,29). The zero-order valence-electron chi connectivity index (χ0n) is 16.2. The molecular weight excluding hydrogens is 400 g/mol. The molecule has 1 aliphatic rings. The summed E-state index contributed by atoms with van der Waals surface area (Å²) in [6.07, 6.45) is 9.06. The van der Waals surface area contributed by atoms with E-state index in [4.69, 9.17) is 5.10 Å². The highest BCUT2D eigenvalue weighted by Gasteiger charge is 2.31. The van der Waals surface area contributed by atoms with Crippen LogP contribution in [0, 0.1) is 0 Å². The molecule has 4 heterocycles. The van der Waals surface area contributed by atoms with Crippen molar-refractivity contribution in [3.8, 4) is 22.0 Å². The van der Waals surface area contributed by atoms with Gasteiger partial charge in [-0.2, -0.15) is 10.2 Å². The molecule has 9 nitrogen and oxygen atoms in total. The predicted octanol–water partition coefficient (Wildman–Crippen LogP) is 2.97. The number of hydrogen-bond donors (Lipinski definition) is 3. The van der Waals surface area contributed by atoms with E-state index in [1.165, 1.54) is 11.3 Å². The summed E-state index contributed by atoms with van der Waals surface area (Å²) in [5.41, 5.74) is 3.21. The maximum atomic E-state index is 12.9. The smallest absolute Gasteiger partial charge is 0.275 e. The number of rotatable bonds is 6. The summed E-state index contributed by atoms with van der Waals surface area (Å²) < 4.78 is 1.94. The van der Waals surface area contributed by atoms with Crippen LogP contribution in [0.4, 0.5) is 5.69 Å². The van der Waals surface area contributed by atoms with E-state index in [1.807, 2.05) is 36.1 Å². The van der Waals surface area contributed by atoms with E-state index in [0.29, 0.717) is 34.9 Å². The minimum atomic E-state index is -0.278. The first-order valence-corrected chi connectivity index (χ1v) is 10.5. The van der Waals surface area contributed by atoms with Gasteiger partial charge in [0.05, 0.1) is 23.6 Å². The Morgan fingerprint density at radius 2 is 2.23 bits per heavy atom. The average Bonchev–Trinajstić information content (AvgIpc) is 3.48. The Kier molecular flexibility index (Phi) is 4.85. The van der Waals surface area contributed by atoms with Gasteiger partial charge in [-0.15, -0.1) is 11.3 Å². The molecule has 1 fully saturated rings. The number of amides is 1. The van der Waals surface area contributed by atoms with Crippen molar-refractivity contribution in [3.63, 3.8) is 0 Å². The minimum Gasteiger partial charge on any atom is -0.317 e. The maximum absolute atomic E-state index is 12.9. The van der Waals surface area contributed by atoms with Crippen LogP contribution in [0.5, 0.6) is 0 Å². The fourth-order valence-corrected chi connectivity index (χ4v) is 4.25. The summed E-state index contributed by atoms with van der Waals surface area (Å²) >= 11 is 1.40. The zero-order chi connectivity index (χ0) is 20.5. The summed E-state index contributed by atoms with van der Waals surface area (Å²) in [6.45, 7) is 0. The lowest BCUT2D eigenvalue weighted by molar-refractivity contribution is 0.102. The lowest BCUT2D eigenvalue weighted by atomic mass is 9.87. The second kappa shape index (κ2) is 7.81. The van der Waals surface area contributed by atoms with Gasteiger partial charge < -0.3 is 10.6 Å². The molecule has 0 spiro atoms. The van der Waals surface area contributed by atoms with Crippen LogP contribution in [-0.2, 0) is 0 Å². The molecule has 4 aromatic rings. The molecule has 3 N–H and O–H groups in total. The maximum Gasteiger partial charge on any atom is 0.275 e. The number of aromatic amines is 1. The summed E-state index contributed by atoms with van der Waals surface area (Å²) in [4.78, 5) is 21.7. The van der Waals surface area contributed by atoms with Gasteiger partial charge in [0.1, 0.15) is 16.4 Å². The molecule has 0 bridgehead atoms. The highest BCUT2D eigenvalue weighted by molar-refractivity contribution is 7.13. The minimum absolute atomic E-state index is 0.278. The summed E-state index contributed by atoms with van der Waals surface area (Å²) in [5.74, 6) is -0.278. The monoisotopic (exact) mass is 420 g/mol. The van der Waals surface area contributed by atoms with Crippen molar-refractivity contribution in [3.05, 3.63) is 54.1 Å². The molecule has 0 saturated heterocycles. The van der Waals surface area contributed by atoms with Crippen LogP contribution in [0.25, 0.3) is 22.0 Å². The Labute approximate surface area is 176 Å². The van der Waals surface area contributed by atoms with Gasteiger partial charge in [0, 0.05) is 35.6 Å². The molecule has 0 atom stereocenters. The molecule has 1 amide bonds. The third kappa shape index (κ3) is 3.51. The average molecular weight is 421 g/mol. The van der Waals surface area contributed by atoms with Crippen LogP contribution < -0.4 is 10.6 Å². The van der Waals surface area contributed by atoms with Crippen molar-refractivity contribution in [2.75, 3.05) is 12.4 Å². The van der Waals surface area contributed by atoms with Crippen molar-refractivity contribution in [2.45, 2.75) is 24.9 Å². The van der Waals surface area contributed by atoms with E-state index < -0.39 is 0 Å².